The van der Waals surface area contributed by atoms with E-state index in [4.69, 9.17) is 27.9 Å². The van der Waals surface area contributed by atoms with Crippen molar-refractivity contribution in [3.8, 4) is 17.6 Å². The molecule has 1 atom stereocenters. The van der Waals surface area contributed by atoms with Crippen molar-refractivity contribution < 1.29 is 23.4 Å². The van der Waals surface area contributed by atoms with Crippen LogP contribution in [-0.4, -0.2) is 47.7 Å². The average Bonchev–Trinajstić information content (AvgIpc) is 2.89. The van der Waals surface area contributed by atoms with Gasteiger partial charge in [0.2, 0.25) is 0 Å². The molecule has 0 aliphatic carbocycles. The first-order chi connectivity index (χ1) is 17.7. The second kappa shape index (κ2) is 11.6. The highest BCUT2D eigenvalue weighted by molar-refractivity contribution is 6.32. The third-order valence-electron chi connectivity index (χ3n) is 6.98. The summed E-state index contributed by atoms with van der Waals surface area (Å²) in [5.74, 6) is 5.14. The minimum absolute atomic E-state index is 0.0161. The number of pyridine rings is 1. The Balaban J connectivity index is 1.41. The summed E-state index contributed by atoms with van der Waals surface area (Å²) in [4.78, 5) is 18.6. The van der Waals surface area contributed by atoms with E-state index in [2.05, 4.69) is 21.7 Å². The van der Waals surface area contributed by atoms with Gasteiger partial charge in [0.1, 0.15) is 17.7 Å². The van der Waals surface area contributed by atoms with E-state index in [-0.39, 0.29) is 22.9 Å². The molecule has 2 aromatic carbocycles. The van der Waals surface area contributed by atoms with Gasteiger partial charge in [-0.3, -0.25) is 14.7 Å². The van der Waals surface area contributed by atoms with Crippen molar-refractivity contribution in [3.63, 3.8) is 0 Å². The summed E-state index contributed by atoms with van der Waals surface area (Å²) in [6.07, 6.45) is 0.947. The number of fused-ring (bicyclic) bond motifs is 1. The second-order valence-electron chi connectivity index (χ2n) is 9.20. The molecule has 0 unspecified atom stereocenters. The molecule has 3 aromatic rings. The highest BCUT2D eigenvalue weighted by Crippen LogP contribution is 2.42. The molecule has 1 aromatic heterocycles. The van der Waals surface area contributed by atoms with E-state index < -0.39 is 23.4 Å². The number of ether oxygens (including phenoxy) is 1. The third-order valence-corrected chi connectivity index (χ3v) is 7.57. The molecule has 1 fully saturated rings. The van der Waals surface area contributed by atoms with E-state index in [0.29, 0.717) is 60.3 Å². The van der Waals surface area contributed by atoms with E-state index >= 15 is 4.39 Å². The molecular formula is C28H26Cl2F2N2O3. The number of likely N-dealkylation sites (tertiary alicyclic amines) is 1. The molecule has 5 nitrogen and oxygen atoms in total. The molecule has 1 N–H and O–H groups in total. The summed E-state index contributed by atoms with van der Waals surface area (Å²) < 4.78 is 34.2. The fraction of sp³-hybridized carbons (Fsp3) is 0.357. The number of carboxylic acids is 1. The fourth-order valence-corrected chi connectivity index (χ4v) is 5.15. The quantitative estimate of drug-likeness (QED) is 0.334. The maximum atomic E-state index is 15.6. The van der Waals surface area contributed by atoms with Crippen molar-refractivity contribution in [2.75, 3.05) is 26.7 Å². The largest absolute Gasteiger partial charge is 0.497 e. The lowest BCUT2D eigenvalue weighted by atomic mass is 9.74. The van der Waals surface area contributed by atoms with E-state index in [1.54, 1.807) is 24.3 Å². The van der Waals surface area contributed by atoms with Crippen LogP contribution in [0.4, 0.5) is 8.78 Å². The molecule has 0 spiro atoms. The Hall–Kier alpha value is -2.92. The van der Waals surface area contributed by atoms with Crippen LogP contribution < -0.4 is 4.74 Å². The van der Waals surface area contributed by atoms with E-state index in [1.807, 2.05) is 0 Å². The Morgan fingerprint density at radius 2 is 1.97 bits per heavy atom. The van der Waals surface area contributed by atoms with Crippen molar-refractivity contribution in [2.24, 2.45) is 5.41 Å². The number of benzene rings is 2. The molecule has 1 saturated heterocycles. The average molecular weight is 547 g/mol. The van der Waals surface area contributed by atoms with Gasteiger partial charge in [-0.25, -0.2) is 8.78 Å². The molecule has 0 amide bonds. The molecule has 1 aliphatic rings. The standard InChI is InChI=1S/C28H26Cl2F2N2O3/c1-37-19-5-7-25-20(16-19)26(22(30)17-33-25)24(32)8-9-28(27(35)36)10-13-34(14-11-28)12-2-3-18-4-6-23(31)21(29)15-18/h4-7,15-17,24H,8-14H2,1H3,(H,35,36)/t24-/m0/s1. The normalized spacial score (nSPS) is 16.1. The van der Waals surface area contributed by atoms with Crippen LogP contribution in [0.3, 0.4) is 0 Å². The summed E-state index contributed by atoms with van der Waals surface area (Å²) in [7, 11) is 1.53. The van der Waals surface area contributed by atoms with Gasteiger partial charge >= 0.3 is 5.97 Å². The Kier molecular flexibility index (Phi) is 8.53. The number of methoxy groups -OCH3 is 1. The zero-order chi connectivity index (χ0) is 26.6. The van der Waals surface area contributed by atoms with Crippen molar-refractivity contribution in [3.05, 3.63) is 69.6 Å². The van der Waals surface area contributed by atoms with Gasteiger partial charge in [0.25, 0.3) is 0 Å². The lowest BCUT2D eigenvalue weighted by Gasteiger charge is -2.38. The van der Waals surface area contributed by atoms with Gasteiger partial charge in [-0.1, -0.05) is 35.0 Å². The first-order valence-corrected chi connectivity index (χ1v) is 12.6. The number of piperidine rings is 1. The maximum Gasteiger partial charge on any atom is 0.309 e. The van der Waals surface area contributed by atoms with Gasteiger partial charge in [-0.15, -0.1) is 0 Å². The second-order valence-corrected chi connectivity index (χ2v) is 10.0. The Labute approximate surface area is 224 Å². The molecule has 194 valence electrons. The van der Waals surface area contributed by atoms with E-state index in [0.717, 1.165) is 0 Å². The van der Waals surface area contributed by atoms with Gasteiger partial charge in [-0.05, 0) is 62.1 Å². The maximum absolute atomic E-state index is 15.6. The van der Waals surface area contributed by atoms with Gasteiger partial charge < -0.3 is 9.84 Å². The summed E-state index contributed by atoms with van der Waals surface area (Å²) in [5, 5.41) is 10.8. The van der Waals surface area contributed by atoms with Crippen molar-refractivity contribution in [1.82, 2.24) is 9.88 Å². The smallest absolute Gasteiger partial charge is 0.309 e. The SMILES string of the molecule is COc1ccc2ncc(Cl)c([C@@H](F)CCC3(C(=O)O)CCN(CC#Cc4ccc(F)c(Cl)c4)CC3)c2c1. The third kappa shape index (κ3) is 6.15. The summed E-state index contributed by atoms with van der Waals surface area (Å²) >= 11 is 12.1. The molecule has 9 heteroatoms. The van der Waals surface area contributed by atoms with Gasteiger partial charge in [-0.2, -0.15) is 0 Å². The number of rotatable bonds is 7. The topological polar surface area (TPSA) is 62.7 Å². The summed E-state index contributed by atoms with van der Waals surface area (Å²) in [5.41, 5.74) is 0.483. The minimum atomic E-state index is -1.45. The lowest BCUT2D eigenvalue weighted by Crippen LogP contribution is -2.44. The lowest BCUT2D eigenvalue weighted by molar-refractivity contribution is -0.152. The Morgan fingerprint density at radius 3 is 2.65 bits per heavy atom. The van der Waals surface area contributed by atoms with E-state index in [1.165, 1.54) is 25.4 Å². The van der Waals surface area contributed by atoms with Crippen molar-refractivity contribution in [2.45, 2.75) is 31.9 Å². The summed E-state index contributed by atoms with van der Waals surface area (Å²) in [6.45, 7) is 1.49. The first kappa shape index (κ1) is 27.1. The highest BCUT2D eigenvalue weighted by Gasteiger charge is 2.41. The fourth-order valence-electron chi connectivity index (χ4n) is 4.70. The molecule has 4 rings (SSSR count). The first-order valence-electron chi connectivity index (χ1n) is 11.9. The number of nitrogens with zero attached hydrogens (tertiary/aromatic N) is 2. The molecule has 0 saturated carbocycles. The number of alkyl halides is 1. The molecule has 1 aliphatic heterocycles. The number of halogens is 4. The van der Waals surface area contributed by atoms with Crippen LogP contribution in [0, 0.1) is 23.1 Å². The van der Waals surface area contributed by atoms with Gasteiger partial charge in [0.15, 0.2) is 0 Å². The molecule has 37 heavy (non-hydrogen) atoms. The van der Waals surface area contributed by atoms with E-state index in [9.17, 15) is 14.3 Å². The van der Waals surface area contributed by atoms with Crippen LogP contribution in [0.5, 0.6) is 5.75 Å². The number of carbonyl (C=O) groups is 1. The molecule has 0 bridgehead atoms. The van der Waals surface area contributed by atoms with Crippen LogP contribution in [-0.2, 0) is 4.79 Å². The highest BCUT2D eigenvalue weighted by atomic mass is 35.5. The zero-order valence-corrected chi connectivity index (χ0v) is 21.8. The van der Waals surface area contributed by atoms with Gasteiger partial charge in [0.05, 0.1) is 34.6 Å². The van der Waals surface area contributed by atoms with Gasteiger partial charge in [0, 0.05) is 35.8 Å². The van der Waals surface area contributed by atoms with Crippen LogP contribution >= 0.6 is 23.2 Å². The van der Waals surface area contributed by atoms with Crippen LogP contribution in [0.2, 0.25) is 10.0 Å². The minimum Gasteiger partial charge on any atom is -0.497 e. The summed E-state index contributed by atoms with van der Waals surface area (Å²) in [6, 6.07) is 9.47. The number of aromatic nitrogens is 1. The van der Waals surface area contributed by atoms with Crippen LogP contribution in [0.25, 0.3) is 10.9 Å². The molecular weight excluding hydrogens is 521 g/mol. The molecule has 2 heterocycles. The van der Waals surface area contributed by atoms with Crippen molar-refractivity contribution in [1.29, 1.82) is 0 Å². The van der Waals surface area contributed by atoms with Crippen molar-refractivity contribution >= 4 is 40.1 Å². The number of carboxylic acid groups (broad SMARTS) is 1. The predicted molar refractivity (Wildman–Crippen MR) is 140 cm³/mol. The number of hydrogen-bond donors (Lipinski definition) is 1. The Bertz CT molecular complexity index is 1360. The van der Waals surface area contributed by atoms with Crippen LogP contribution in [0.15, 0.2) is 42.6 Å². The Morgan fingerprint density at radius 1 is 1.22 bits per heavy atom. The zero-order valence-electron chi connectivity index (χ0n) is 20.2. The number of hydrogen-bond acceptors (Lipinski definition) is 4. The predicted octanol–water partition coefficient (Wildman–Crippen LogP) is 6.70. The number of aliphatic carboxylic acids is 1. The monoisotopic (exact) mass is 546 g/mol. The molecule has 0 radical (unpaired) electrons. The van der Waals surface area contributed by atoms with Crippen LogP contribution in [0.1, 0.15) is 43.0 Å².